The number of hydrogen-bond acceptors (Lipinski definition) is 8. The van der Waals surface area contributed by atoms with Gasteiger partial charge in [0.05, 0.1) is 18.6 Å². The third-order valence-corrected chi connectivity index (χ3v) is 5.58. The number of fused-ring (bicyclic) bond motifs is 1. The van der Waals surface area contributed by atoms with Crippen LogP contribution < -0.4 is 16.6 Å². The van der Waals surface area contributed by atoms with E-state index >= 15 is 0 Å². The molecule has 0 spiro atoms. The van der Waals surface area contributed by atoms with Gasteiger partial charge in [0.2, 0.25) is 5.91 Å². The maximum absolute atomic E-state index is 13.4. The topological polar surface area (TPSA) is 147 Å². The van der Waals surface area contributed by atoms with Gasteiger partial charge in [0.15, 0.2) is 17.0 Å². The smallest absolute Gasteiger partial charge is 0.312 e. The van der Waals surface area contributed by atoms with Crippen LogP contribution in [0.1, 0.15) is 32.6 Å². The first kappa shape index (κ1) is 25.5. The molecule has 0 saturated heterocycles. The van der Waals surface area contributed by atoms with Crippen LogP contribution >= 0.6 is 0 Å². The number of aryl methyl sites for hydroxylation is 1. The minimum absolute atomic E-state index is 0.0160. The van der Waals surface area contributed by atoms with E-state index in [4.69, 9.17) is 0 Å². The SMILES string of the molecule is CC(=O)Cn1c(=O)c2c(ncn2[C@@H](C)C(=O)Nc2cccc(-c3cnc(C(C)(F)F)nc3)n2)n(C)c1=O. The molecule has 0 fully saturated rings. The van der Waals surface area contributed by atoms with E-state index in [-0.39, 0.29) is 22.8 Å². The summed E-state index contributed by atoms with van der Waals surface area (Å²) < 4.78 is 30.0. The van der Waals surface area contributed by atoms with Crippen molar-refractivity contribution in [1.82, 2.24) is 33.6 Å². The van der Waals surface area contributed by atoms with Gasteiger partial charge in [-0.2, -0.15) is 8.78 Å². The minimum atomic E-state index is -3.18. The van der Waals surface area contributed by atoms with Gasteiger partial charge in [-0.15, -0.1) is 0 Å². The van der Waals surface area contributed by atoms with Gasteiger partial charge in [0.1, 0.15) is 17.6 Å². The van der Waals surface area contributed by atoms with Crippen LogP contribution in [0.3, 0.4) is 0 Å². The standard InChI is InChI=1S/C23H22F2N8O4/c1-12(34)10-32-20(36)17-18(31(4)22(32)37)28-11-33(17)13(2)19(35)30-16-7-5-6-15(29-16)14-8-26-21(27-9-14)23(3,24)25/h5-9,11,13H,10H2,1-4H3,(H,29,30,35)/t13-/m0/s1. The zero-order valence-electron chi connectivity index (χ0n) is 20.3. The van der Waals surface area contributed by atoms with E-state index in [2.05, 4.69) is 25.3 Å². The number of rotatable bonds is 7. The number of hydrogen-bond donors (Lipinski definition) is 1. The Morgan fingerprint density at radius 3 is 2.43 bits per heavy atom. The number of Topliss-reactive ketones (excluding diaryl/α,β-unsaturated/α-hetero) is 1. The average molecular weight is 512 g/mol. The Hall–Kier alpha value is -4.62. The van der Waals surface area contributed by atoms with E-state index in [1.165, 1.54) is 50.2 Å². The zero-order valence-corrected chi connectivity index (χ0v) is 20.3. The summed E-state index contributed by atoms with van der Waals surface area (Å²) in [6, 6.07) is 3.77. The zero-order chi connectivity index (χ0) is 27.1. The monoisotopic (exact) mass is 512 g/mol. The lowest BCUT2D eigenvalue weighted by Crippen LogP contribution is -2.41. The number of nitrogens with zero attached hydrogens (tertiary/aromatic N) is 7. The fraction of sp³-hybridized carbons (Fsp3) is 0.304. The van der Waals surface area contributed by atoms with Crippen molar-refractivity contribution in [3.63, 3.8) is 0 Å². The number of carbonyl (C=O) groups excluding carboxylic acids is 2. The highest BCUT2D eigenvalue weighted by molar-refractivity contribution is 5.93. The molecule has 12 nitrogen and oxygen atoms in total. The maximum atomic E-state index is 13.4. The third kappa shape index (κ3) is 4.90. The second-order valence-corrected chi connectivity index (χ2v) is 8.52. The normalized spacial score (nSPS) is 12.5. The quantitative estimate of drug-likeness (QED) is 0.393. The first-order chi connectivity index (χ1) is 17.4. The van der Waals surface area contributed by atoms with Crippen LogP contribution in [0.15, 0.2) is 46.5 Å². The first-order valence-corrected chi connectivity index (χ1v) is 11.0. The Labute approximate surface area is 207 Å². The summed E-state index contributed by atoms with van der Waals surface area (Å²) in [7, 11) is 1.41. The van der Waals surface area contributed by atoms with Crippen LogP contribution in [0, 0.1) is 0 Å². The summed E-state index contributed by atoms with van der Waals surface area (Å²) in [5.41, 5.74) is -0.688. The summed E-state index contributed by atoms with van der Waals surface area (Å²) >= 11 is 0. The van der Waals surface area contributed by atoms with E-state index in [1.54, 1.807) is 12.1 Å². The van der Waals surface area contributed by atoms with Gasteiger partial charge >= 0.3 is 11.6 Å². The Kier molecular flexibility index (Phi) is 6.50. The van der Waals surface area contributed by atoms with Crippen LogP contribution in [0.5, 0.6) is 0 Å². The van der Waals surface area contributed by atoms with Crippen LogP contribution in [-0.2, 0) is 29.1 Å². The highest BCUT2D eigenvalue weighted by atomic mass is 19.3. The Bertz CT molecular complexity index is 1630. The molecule has 4 heterocycles. The second kappa shape index (κ2) is 9.44. The summed E-state index contributed by atoms with van der Waals surface area (Å²) in [5, 5.41) is 2.64. The number of amides is 1. The number of ketones is 1. The Morgan fingerprint density at radius 2 is 1.81 bits per heavy atom. The van der Waals surface area contributed by atoms with Crippen LogP contribution in [0.2, 0.25) is 0 Å². The van der Waals surface area contributed by atoms with Gasteiger partial charge in [0, 0.05) is 31.9 Å². The molecular formula is C23H22F2N8O4. The van der Waals surface area contributed by atoms with Gasteiger partial charge < -0.3 is 9.88 Å². The molecule has 14 heteroatoms. The molecule has 0 aliphatic heterocycles. The molecule has 4 aromatic heterocycles. The number of anilines is 1. The molecule has 4 rings (SSSR count). The lowest BCUT2D eigenvalue weighted by molar-refractivity contribution is -0.119. The molecular weight excluding hydrogens is 490 g/mol. The summed E-state index contributed by atoms with van der Waals surface area (Å²) in [5.74, 6) is -4.58. The molecule has 192 valence electrons. The fourth-order valence-corrected chi connectivity index (χ4v) is 3.65. The van der Waals surface area contributed by atoms with Crippen molar-refractivity contribution in [3.8, 4) is 11.3 Å². The minimum Gasteiger partial charge on any atom is -0.312 e. The molecule has 0 bridgehead atoms. The number of halogens is 2. The second-order valence-electron chi connectivity index (χ2n) is 8.52. The van der Waals surface area contributed by atoms with E-state index in [9.17, 15) is 28.0 Å². The first-order valence-electron chi connectivity index (χ1n) is 11.0. The molecule has 0 aliphatic rings. The summed E-state index contributed by atoms with van der Waals surface area (Å²) in [4.78, 5) is 65.9. The molecule has 0 radical (unpaired) electrons. The predicted octanol–water partition coefficient (Wildman–Crippen LogP) is 1.65. The Balaban J connectivity index is 1.63. The number of aromatic nitrogens is 7. The fourth-order valence-electron chi connectivity index (χ4n) is 3.65. The predicted molar refractivity (Wildman–Crippen MR) is 128 cm³/mol. The number of carbonyl (C=O) groups is 2. The molecule has 37 heavy (non-hydrogen) atoms. The van der Waals surface area contributed by atoms with Gasteiger partial charge in [-0.25, -0.2) is 24.7 Å². The van der Waals surface area contributed by atoms with Crippen molar-refractivity contribution >= 4 is 28.7 Å². The van der Waals surface area contributed by atoms with Gasteiger partial charge in [-0.3, -0.25) is 23.5 Å². The van der Waals surface area contributed by atoms with E-state index in [0.29, 0.717) is 18.2 Å². The Morgan fingerprint density at radius 1 is 1.14 bits per heavy atom. The molecule has 0 aliphatic carbocycles. The lowest BCUT2D eigenvalue weighted by Gasteiger charge is -2.15. The molecule has 1 atom stereocenters. The number of alkyl halides is 2. The van der Waals surface area contributed by atoms with Crippen molar-refractivity contribution in [2.45, 2.75) is 39.3 Å². The summed E-state index contributed by atoms with van der Waals surface area (Å²) in [6.45, 7) is 3.06. The van der Waals surface area contributed by atoms with Crippen LogP contribution in [-0.4, -0.2) is 45.3 Å². The highest BCUT2D eigenvalue weighted by Crippen LogP contribution is 2.25. The molecule has 4 aromatic rings. The van der Waals surface area contributed by atoms with E-state index in [0.717, 1.165) is 9.13 Å². The molecule has 1 amide bonds. The van der Waals surface area contributed by atoms with Crippen molar-refractivity contribution in [1.29, 1.82) is 0 Å². The van der Waals surface area contributed by atoms with E-state index < -0.39 is 41.5 Å². The van der Waals surface area contributed by atoms with Gasteiger partial charge in [0.25, 0.3) is 5.56 Å². The largest absolute Gasteiger partial charge is 0.332 e. The van der Waals surface area contributed by atoms with Crippen molar-refractivity contribution in [2.24, 2.45) is 7.05 Å². The van der Waals surface area contributed by atoms with Crippen LogP contribution in [0.25, 0.3) is 22.4 Å². The van der Waals surface area contributed by atoms with Gasteiger partial charge in [-0.1, -0.05) is 6.07 Å². The lowest BCUT2D eigenvalue weighted by atomic mass is 10.2. The van der Waals surface area contributed by atoms with Crippen molar-refractivity contribution in [3.05, 3.63) is 63.6 Å². The van der Waals surface area contributed by atoms with Crippen molar-refractivity contribution in [2.75, 3.05) is 5.32 Å². The molecule has 0 aromatic carbocycles. The maximum Gasteiger partial charge on any atom is 0.332 e. The molecule has 0 unspecified atom stereocenters. The third-order valence-electron chi connectivity index (χ3n) is 5.58. The van der Waals surface area contributed by atoms with E-state index in [1.807, 2.05) is 0 Å². The van der Waals surface area contributed by atoms with Crippen molar-refractivity contribution < 1.29 is 18.4 Å². The average Bonchev–Trinajstić information content (AvgIpc) is 3.30. The van der Waals surface area contributed by atoms with Crippen LogP contribution in [0.4, 0.5) is 14.6 Å². The number of pyridine rings is 1. The molecule has 1 N–H and O–H groups in total. The molecule has 0 saturated carbocycles. The highest BCUT2D eigenvalue weighted by Gasteiger charge is 2.28. The number of nitrogens with one attached hydrogen (secondary N) is 1. The summed E-state index contributed by atoms with van der Waals surface area (Å²) in [6.07, 6.45) is 3.69. The van der Waals surface area contributed by atoms with Gasteiger partial charge in [-0.05, 0) is 26.0 Å². The number of imidazole rings is 1.